The van der Waals surface area contributed by atoms with E-state index in [9.17, 15) is 4.79 Å². The highest BCUT2D eigenvalue weighted by atomic mass is 32.2. The first-order valence-electron chi connectivity index (χ1n) is 9.61. The summed E-state index contributed by atoms with van der Waals surface area (Å²) in [6, 6.07) is 12.0. The average Bonchev–Trinajstić information content (AvgIpc) is 3.19. The molecule has 0 aliphatic rings. The van der Waals surface area contributed by atoms with Crippen LogP contribution in [0.2, 0.25) is 0 Å². The van der Waals surface area contributed by atoms with Gasteiger partial charge < -0.3 is 14.4 Å². The van der Waals surface area contributed by atoms with Crippen LogP contribution in [0.15, 0.2) is 53.9 Å². The zero-order valence-electron chi connectivity index (χ0n) is 18.0. The number of carbonyl (C=O) groups is 1. The van der Waals surface area contributed by atoms with Crippen LogP contribution in [0.3, 0.4) is 0 Å². The molecule has 0 saturated carbocycles. The van der Waals surface area contributed by atoms with Gasteiger partial charge in [0.05, 0.1) is 20.0 Å². The Labute approximate surface area is 181 Å². The highest BCUT2D eigenvalue weighted by Crippen LogP contribution is 2.31. The van der Waals surface area contributed by atoms with Gasteiger partial charge in [-0.2, -0.15) is 0 Å². The zero-order valence-corrected chi connectivity index (χ0v) is 18.8. The number of para-hydroxylation sites is 1. The Kier molecular flexibility index (Phi) is 7.05. The monoisotopic (exact) mass is 425 g/mol. The third kappa shape index (κ3) is 4.97. The van der Waals surface area contributed by atoms with Crippen LogP contribution in [0.4, 0.5) is 0 Å². The molecule has 0 N–H and O–H groups in total. The lowest BCUT2D eigenvalue weighted by molar-refractivity contribution is -0.127. The highest BCUT2D eigenvalue weighted by molar-refractivity contribution is 7.99. The quantitative estimate of drug-likeness (QED) is 0.505. The molecule has 3 aromatic rings. The van der Waals surface area contributed by atoms with Gasteiger partial charge in [-0.3, -0.25) is 9.36 Å². The van der Waals surface area contributed by atoms with Gasteiger partial charge in [0.1, 0.15) is 0 Å². The second-order valence-corrected chi connectivity index (χ2v) is 8.06. The maximum absolute atomic E-state index is 12.7. The van der Waals surface area contributed by atoms with Crippen molar-refractivity contribution in [2.45, 2.75) is 25.5 Å². The molecule has 3 rings (SSSR count). The van der Waals surface area contributed by atoms with Gasteiger partial charge in [-0.05, 0) is 43.2 Å². The van der Waals surface area contributed by atoms with Crippen LogP contribution in [0.1, 0.15) is 16.7 Å². The standard InChI is InChI=1S/C23H27N3O3S/c1-16-11-17(2)13-19(12-16)26-10-9-24-23(26)30-15-21(27)25(3)14-18-7-6-8-20(28-4)22(18)29-5/h6-13H,14-15H2,1-5H3. The predicted molar refractivity (Wildman–Crippen MR) is 120 cm³/mol. The normalized spacial score (nSPS) is 10.7. The van der Waals surface area contributed by atoms with Crippen LogP contribution in [-0.2, 0) is 11.3 Å². The van der Waals surface area contributed by atoms with Crippen LogP contribution >= 0.6 is 11.8 Å². The molecule has 1 amide bonds. The molecule has 0 bridgehead atoms. The van der Waals surface area contributed by atoms with E-state index in [0.717, 1.165) is 16.4 Å². The number of ether oxygens (including phenoxy) is 2. The molecule has 2 aromatic carbocycles. The summed E-state index contributed by atoms with van der Waals surface area (Å²) in [4.78, 5) is 18.9. The van der Waals surface area contributed by atoms with Crippen LogP contribution in [0, 0.1) is 13.8 Å². The minimum Gasteiger partial charge on any atom is -0.493 e. The van der Waals surface area contributed by atoms with Gasteiger partial charge in [0.15, 0.2) is 16.7 Å². The van der Waals surface area contributed by atoms with E-state index in [2.05, 4.69) is 37.0 Å². The number of carbonyl (C=O) groups excluding carboxylic acids is 1. The number of aryl methyl sites for hydroxylation is 2. The molecule has 0 fully saturated rings. The summed E-state index contributed by atoms with van der Waals surface area (Å²) in [7, 11) is 5.00. The number of thioether (sulfide) groups is 1. The fourth-order valence-corrected chi connectivity index (χ4v) is 4.25. The summed E-state index contributed by atoms with van der Waals surface area (Å²) in [5.41, 5.74) is 4.33. The molecular formula is C23H27N3O3S. The first kappa shape index (κ1) is 21.8. The van der Waals surface area contributed by atoms with Crippen molar-refractivity contribution in [2.75, 3.05) is 27.0 Å². The Morgan fingerprint density at radius 1 is 1.13 bits per heavy atom. The number of nitrogens with zero attached hydrogens (tertiary/aromatic N) is 3. The summed E-state index contributed by atoms with van der Waals surface area (Å²) >= 11 is 1.43. The number of hydrogen-bond donors (Lipinski definition) is 0. The van der Waals surface area contributed by atoms with E-state index in [-0.39, 0.29) is 5.91 Å². The Morgan fingerprint density at radius 3 is 2.53 bits per heavy atom. The zero-order chi connectivity index (χ0) is 21.7. The van der Waals surface area contributed by atoms with E-state index in [1.807, 2.05) is 29.0 Å². The molecule has 0 aliphatic heterocycles. The van der Waals surface area contributed by atoms with Crippen molar-refractivity contribution in [1.29, 1.82) is 0 Å². The molecule has 0 unspecified atom stereocenters. The number of methoxy groups -OCH3 is 2. The average molecular weight is 426 g/mol. The predicted octanol–water partition coefficient (Wildman–Crippen LogP) is 4.26. The number of aromatic nitrogens is 2. The van der Waals surface area contributed by atoms with Crippen molar-refractivity contribution >= 4 is 17.7 Å². The molecule has 0 radical (unpaired) electrons. The van der Waals surface area contributed by atoms with E-state index in [0.29, 0.717) is 23.8 Å². The summed E-state index contributed by atoms with van der Waals surface area (Å²) < 4.78 is 12.8. The molecule has 6 nitrogen and oxygen atoms in total. The topological polar surface area (TPSA) is 56.6 Å². The Bertz CT molecular complexity index is 1010. The SMILES string of the molecule is COc1cccc(CN(C)C(=O)CSc2nccn2-c2cc(C)cc(C)c2)c1OC. The maximum atomic E-state index is 12.7. The van der Waals surface area contributed by atoms with Crippen molar-refractivity contribution in [3.63, 3.8) is 0 Å². The second kappa shape index (κ2) is 9.71. The van der Waals surface area contributed by atoms with Crippen LogP contribution in [0.5, 0.6) is 11.5 Å². The van der Waals surface area contributed by atoms with E-state index < -0.39 is 0 Å². The van der Waals surface area contributed by atoms with Crippen molar-refractivity contribution < 1.29 is 14.3 Å². The van der Waals surface area contributed by atoms with Crippen molar-refractivity contribution in [2.24, 2.45) is 0 Å². The molecule has 0 aliphatic carbocycles. The molecule has 7 heteroatoms. The van der Waals surface area contributed by atoms with Crippen molar-refractivity contribution in [1.82, 2.24) is 14.5 Å². The van der Waals surface area contributed by atoms with E-state index in [4.69, 9.17) is 9.47 Å². The second-order valence-electron chi connectivity index (χ2n) is 7.12. The fraction of sp³-hybridized carbons (Fsp3) is 0.304. The Hall–Kier alpha value is -2.93. The summed E-state index contributed by atoms with van der Waals surface area (Å²) in [6.45, 7) is 4.59. The number of hydrogen-bond acceptors (Lipinski definition) is 5. The third-order valence-electron chi connectivity index (χ3n) is 4.73. The van der Waals surface area contributed by atoms with Crippen LogP contribution in [0.25, 0.3) is 5.69 Å². The van der Waals surface area contributed by atoms with E-state index >= 15 is 0 Å². The summed E-state index contributed by atoms with van der Waals surface area (Å²) in [5, 5.41) is 0.792. The van der Waals surface area contributed by atoms with Gasteiger partial charge in [-0.1, -0.05) is 30.0 Å². The maximum Gasteiger partial charge on any atom is 0.233 e. The smallest absolute Gasteiger partial charge is 0.233 e. The van der Waals surface area contributed by atoms with Gasteiger partial charge in [0.2, 0.25) is 5.91 Å². The fourth-order valence-electron chi connectivity index (χ4n) is 3.34. The highest BCUT2D eigenvalue weighted by Gasteiger charge is 2.16. The molecule has 0 atom stereocenters. The minimum atomic E-state index is 0.0137. The lowest BCUT2D eigenvalue weighted by Gasteiger charge is -2.20. The summed E-state index contributed by atoms with van der Waals surface area (Å²) in [6.07, 6.45) is 3.68. The van der Waals surface area contributed by atoms with Gasteiger partial charge in [-0.25, -0.2) is 4.98 Å². The minimum absolute atomic E-state index is 0.0137. The number of benzene rings is 2. The lowest BCUT2D eigenvalue weighted by Crippen LogP contribution is -2.28. The molecule has 1 aromatic heterocycles. The van der Waals surface area contributed by atoms with Gasteiger partial charge >= 0.3 is 0 Å². The van der Waals surface area contributed by atoms with Crippen molar-refractivity contribution in [3.05, 3.63) is 65.5 Å². The number of amides is 1. The molecule has 1 heterocycles. The van der Waals surface area contributed by atoms with E-state index in [1.54, 1.807) is 32.4 Å². The largest absolute Gasteiger partial charge is 0.493 e. The van der Waals surface area contributed by atoms with Crippen LogP contribution in [-0.4, -0.2) is 47.4 Å². The first-order valence-corrected chi connectivity index (χ1v) is 10.6. The molecule has 0 saturated heterocycles. The Morgan fingerprint density at radius 2 is 1.87 bits per heavy atom. The lowest BCUT2D eigenvalue weighted by atomic mass is 10.1. The molecule has 158 valence electrons. The van der Waals surface area contributed by atoms with Gasteiger partial charge in [-0.15, -0.1) is 0 Å². The van der Waals surface area contributed by atoms with Crippen molar-refractivity contribution in [3.8, 4) is 17.2 Å². The first-order chi connectivity index (χ1) is 14.4. The Balaban J connectivity index is 1.68. The van der Waals surface area contributed by atoms with E-state index in [1.165, 1.54) is 22.9 Å². The number of imidazole rings is 1. The van der Waals surface area contributed by atoms with Gasteiger partial charge in [0.25, 0.3) is 0 Å². The van der Waals surface area contributed by atoms with Crippen LogP contribution < -0.4 is 9.47 Å². The third-order valence-corrected chi connectivity index (χ3v) is 5.69. The molecule has 0 spiro atoms. The number of rotatable bonds is 8. The summed E-state index contributed by atoms with van der Waals surface area (Å²) in [5.74, 6) is 1.61. The van der Waals surface area contributed by atoms with Gasteiger partial charge in [0, 0.05) is 37.2 Å². The molecular weight excluding hydrogens is 398 g/mol. The molecule has 30 heavy (non-hydrogen) atoms.